The minimum atomic E-state index is 0.407. The number of rotatable bonds is 8. The Kier molecular flexibility index (Phi) is 6.81. The summed E-state index contributed by atoms with van der Waals surface area (Å²) in [5, 5.41) is 7.77. The van der Waals surface area contributed by atoms with Gasteiger partial charge in [0.25, 0.3) is 0 Å². The molecule has 0 spiro atoms. The van der Waals surface area contributed by atoms with E-state index in [1.165, 1.54) is 11.1 Å². The topological polar surface area (TPSA) is 39.1 Å². The van der Waals surface area contributed by atoms with Crippen molar-refractivity contribution in [2.75, 3.05) is 26.8 Å². The molecule has 4 heteroatoms. The molecule has 1 heterocycles. The molecule has 19 heavy (non-hydrogen) atoms. The van der Waals surface area contributed by atoms with Crippen LogP contribution < -0.4 is 5.32 Å². The summed E-state index contributed by atoms with van der Waals surface area (Å²) in [6, 6.07) is 0.407. The van der Waals surface area contributed by atoms with Crippen LogP contribution in [0.25, 0.3) is 6.08 Å². The van der Waals surface area contributed by atoms with E-state index >= 15 is 0 Å². The van der Waals surface area contributed by atoms with Crippen LogP contribution >= 0.6 is 0 Å². The molecule has 1 aromatic rings. The number of ether oxygens (including phenoxy) is 1. The molecular weight excluding hydrogens is 238 g/mol. The lowest BCUT2D eigenvalue weighted by Gasteiger charge is -2.12. The second kappa shape index (κ2) is 8.12. The molecular formula is C15H27N3O. The Hall–Kier alpha value is -1.13. The second-order valence-electron chi connectivity index (χ2n) is 5.39. The predicted molar refractivity (Wildman–Crippen MR) is 80.2 cm³/mol. The fourth-order valence-electron chi connectivity index (χ4n) is 1.75. The molecule has 0 aliphatic carbocycles. The van der Waals surface area contributed by atoms with Gasteiger partial charge in [0, 0.05) is 38.0 Å². The van der Waals surface area contributed by atoms with Crippen molar-refractivity contribution in [3.63, 3.8) is 0 Å². The molecule has 1 N–H and O–H groups in total. The van der Waals surface area contributed by atoms with Crippen molar-refractivity contribution in [3.8, 4) is 0 Å². The van der Waals surface area contributed by atoms with Crippen molar-refractivity contribution < 1.29 is 4.74 Å². The molecule has 1 rings (SSSR count). The van der Waals surface area contributed by atoms with Gasteiger partial charge in [-0.05, 0) is 19.8 Å². The Balaban J connectivity index is 2.65. The fourth-order valence-corrected chi connectivity index (χ4v) is 1.75. The Morgan fingerprint density at radius 1 is 1.42 bits per heavy atom. The number of hydrogen-bond donors (Lipinski definition) is 1. The number of aromatic nitrogens is 2. The molecule has 0 saturated carbocycles. The van der Waals surface area contributed by atoms with Gasteiger partial charge in [0.2, 0.25) is 0 Å². The smallest absolute Gasteiger partial charge is 0.0587 e. The normalized spacial score (nSPS) is 12.7. The van der Waals surface area contributed by atoms with Gasteiger partial charge in [-0.15, -0.1) is 0 Å². The second-order valence-corrected chi connectivity index (χ2v) is 5.39. The zero-order valence-electron chi connectivity index (χ0n) is 12.8. The van der Waals surface area contributed by atoms with Crippen LogP contribution in [0.2, 0.25) is 0 Å². The van der Waals surface area contributed by atoms with Crippen LogP contribution in [0.1, 0.15) is 39.3 Å². The van der Waals surface area contributed by atoms with Gasteiger partial charge < -0.3 is 10.1 Å². The summed E-state index contributed by atoms with van der Waals surface area (Å²) in [6.45, 7) is 11.2. The monoisotopic (exact) mass is 265 g/mol. The Labute approximate surface area is 116 Å². The van der Waals surface area contributed by atoms with Crippen LogP contribution in [0.5, 0.6) is 0 Å². The van der Waals surface area contributed by atoms with Crippen LogP contribution in [-0.2, 0) is 4.74 Å². The molecule has 0 aromatic carbocycles. The summed E-state index contributed by atoms with van der Waals surface area (Å²) in [4.78, 5) is 0. The lowest BCUT2D eigenvalue weighted by Crippen LogP contribution is -2.23. The van der Waals surface area contributed by atoms with E-state index in [0.29, 0.717) is 12.0 Å². The summed E-state index contributed by atoms with van der Waals surface area (Å²) in [6.07, 6.45) is 6.26. The summed E-state index contributed by atoms with van der Waals surface area (Å²) in [5.41, 5.74) is 2.56. The third kappa shape index (κ3) is 5.57. The maximum atomic E-state index is 5.04. The highest BCUT2D eigenvalue weighted by molar-refractivity contribution is 5.51. The van der Waals surface area contributed by atoms with Gasteiger partial charge in [-0.2, -0.15) is 5.10 Å². The maximum Gasteiger partial charge on any atom is 0.0587 e. The molecule has 0 radical (unpaired) electrons. The molecule has 0 aliphatic heterocycles. The standard InChI is InChI=1S/C15H27N3O/c1-12(2)15(10-16-6-7-19-5)8-14-9-17-18(11-14)13(3)4/h8-9,11-13,16H,6-7,10H2,1-5H3. The lowest BCUT2D eigenvalue weighted by atomic mass is 10.0. The summed E-state index contributed by atoms with van der Waals surface area (Å²) in [5.74, 6) is 0.525. The zero-order chi connectivity index (χ0) is 14.3. The Bertz CT molecular complexity index is 394. The lowest BCUT2D eigenvalue weighted by molar-refractivity contribution is 0.200. The molecule has 0 bridgehead atoms. The van der Waals surface area contributed by atoms with Gasteiger partial charge in [0.05, 0.1) is 12.8 Å². The highest BCUT2D eigenvalue weighted by atomic mass is 16.5. The van der Waals surface area contributed by atoms with E-state index < -0.39 is 0 Å². The molecule has 0 fully saturated rings. The van der Waals surface area contributed by atoms with Crippen molar-refractivity contribution in [1.82, 2.24) is 15.1 Å². The molecule has 0 aliphatic rings. The highest BCUT2D eigenvalue weighted by Gasteiger charge is 2.05. The van der Waals surface area contributed by atoms with E-state index in [1.807, 2.05) is 10.9 Å². The van der Waals surface area contributed by atoms with Crippen molar-refractivity contribution in [2.45, 2.75) is 33.7 Å². The zero-order valence-corrected chi connectivity index (χ0v) is 12.8. The molecule has 0 saturated heterocycles. The van der Waals surface area contributed by atoms with Gasteiger partial charge in [-0.25, -0.2) is 0 Å². The largest absolute Gasteiger partial charge is 0.383 e. The first kappa shape index (κ1) is 15.9. The third-order valence-corrected chi connectivity index (χ3v) is 3.06. The van der Waals surface area contributed by atoms with Crippen LogP contribution in [0, 0.1) is 5.92 Å². The number of nitrogens with zero attached hydrogens (tertiary/aromatic N) is 2. The first-order valence-corrected chi connectivity index (χ1v) is 6.98. The summed E-state index contributed by atoms with van der Waals surface area (Å²) >= 11 is 0. The predicted octanol–water partition coefficient (Wildman–Crippen LogP) is 2.74. The van der Waals surface area contributed by atoms with E-state index in [-0.39, 0.29) is 0 Å². The Morgan fingerprint density at radius 3 is 2.68 bits per heavy atom. The third-order valence-electron chi connectivity index (χ3n) is 3.06. The van der Waals surface area contributed by atoms with E-state index in [2.05, 4.69) is 50.4 Å². The van der Waals surface area contributed by atoms with E-state index in [0.717, 1.165) is 19.7 Å². The van der Waals surface area contributed by atoms with E-state index in [1.54, 1.807) is 7.11 Å². The van der Waals surface area contributed by atoms with Crippen LogP contribution in [0.3, 0.4) is 0 Å². The van der Waals surface area contributed by atoms with Gasteiger partial charge in [0.15, 0.2) is 0 Å². The fraction of sp³-hybridized carbons (Fsp3) is 0.667. The van der Waals surface area contributed by atoms with Crippen molar-refractivity contribution in [3.05, 3.63) is 23.5 Å². The van der Waals surface area contributed by atoms with Gasteiger partial charge in [0.1, 0.15) is 0 Å². The van der Waals surface area contributed by atoms with Crippen LogP contribution in [-0.4, -0.2) is 36.6 Å². The first-order valence-electron chi connectivity index (χ1n) is 6.98. The minimum Gasteiger partial charge on any atom is -0.383 e. The van der Waals surface area contributed by atoms with Gasteiger partial charge in [-0.3, -0.25) is 4.68 Å². The molecule has 0 amide bonds. The first-order chi connectivity index (χ1) is 9.04. The van der Waals surface area contributed by atoms with Gasteiger partial charge >= 0.3 is 0 Å². The van der Waals surface area contributed by atoms with E-state index in [4.69, 9.17) is 4.74 Å². The Morgan fingerprint density at radius 2 is 2.16 bits per heavy atom. The van der Waals surface area contributed by atoms with Crippen molar-refractivity contribution >= 4 is 6.08 Å². The summed E-state index contributed by atoms with van der Waals surface area (Å²) < 4.78 is 7.03. The number of methoxy groups -OCH3 is 1. The highest BCUT2D eigenvalue weighted by Crippen LogP contribution is 2.15. The van der Waals surface area contributed by atoms with Crippen molar-refractivity contribution in [2.24, 2.45) is 5.92 Å². The maximum absolute atomic E-state index is 5.04. The van der Waals surface area contributed by atoms with Gasteiger partial charge in [-0.1, -0.05) is 25.5 Å². The minimum absolute atomic E-state index is 0.407. The van der Waals surface area contributed by atoms with E-state index in [9.17, 15) is 0 Å². The van der Waals surface area contributed by atoms with Crippen LogP contribution in [0.15, 0.2) is 18.0 Å². The number of nitrogens with one attached hydrogen (secondary N) is 1. The van der Waals surface area contributed by atoms with Crippen molar-refractivity contribution in [1.29, 1.82) is 0 Å². The molecule has 0 unspecified atom stereocenters. The average molecular weight is 265 g/mol. The molecule has 4 nitrogen and oxygen atoms in total. The molecule has 108 valence electrons. The summed E-state index contributed by atoms with van der Waals surface area (Å²) in [7, 11) is 1.72. The average Bonchev–Trinajstić information content (AvgIpc) is 2.81. The number of hydrogen-bond acceptors (Lipinski definition) is 3. The molecule has 0 atom stereocenters. The SMILES string of the molecule is COCCNCC(=Cc1cnn(C(C)C)c1)C(C)C. The quantitative estimate of drug-likeness (QED) is 0.735. The molecule has 1 aromatic heterocycles. The van der Waals surface area contributed by atoms with Crippen LogP contribution in [0.4, 0.5) is 0 Å².